The molecule has 0 aromatic heterocycles. The van der Waals surface area contributed by atoms with Crippen molar-refractivity contribution in [3.63, 3.8) is 0 Å². The van der Waals surface area contributed by atoms with Gasteiger partial charge < -0.3 is 28.8 Å². The summed E-state index contributed by atoms with van der Waals surface area (Å²) in [4.78, 5) is 25.5. The normalized spacial score (nSPS) is 13.9. The Labute approximate surface area is 424 Å². The molecule has 0 aromatic rings. The molecule has 0 saturated heterocycles. The fourth-order valence-electron chi connectivity index (χ4n) is 9.27. The van der Waals surface area contributed by atoms with Gasteiger partial charge in [0.2, 0.25) is 5.91 Å². The average Bonchev–Trinajstić information content (AvgIpc) is 3.30. The monoisotopic (exact) mass is 983 g/mol. The van der Waals surface area contributed by atoms with Crippen molar-refractivity contribution in [2.24, 2.45) is 0 Å². The van der Waals surface area contributed by atoms with Gasteiger partial charge in [-0.05, 0) is 19.3 Å². The van der Waals surface area contributed by atoms with Crippen molar-refractivity contribution in [3.05, 3.63) is 12.2 Å². The van der Waals surface area contributed by atoms with Gasteiger partial charge in [-0.15, -0.1) is 0 Å². The maximum Gasteiger partial charge on any atom is 0.268 e. The number of allylic oxidation sites excluding steroid dienone is 1. The lowest BCUT2D eigenvalue weighted by Gasteiger charge is -2.29. The fourth-order valence-corrected chi connectivity index (χ4v) is 10.00. The summed E-state index contributed by atoms with van der Waals surface area (Å²) < 4.78 is 23.4. The zero-order valence-corrected chi connectivity index (χ0v) is 47.2. The number of hydrogen-bond donors (Lipinski definition) is 2. The molecule has 1 amide bonds. The van der Waals surface area contributed by atoms with E-state index in [1.165, 1.54) is 250 Å². The van der Waals surface area contributed by atoms with Gasteiger partial charge in [-0.1, -0.05) is 296 Å². The number of carbonyl (C=O) groups is 1. The zero-order chi connectivity index (χ0) is 49.9. The van der Waals surface area contributed by atoms with Gasteiger partial charge in [0, 0.05) is 6.42 Å². The lowest BCUT2D eigenvalue weighted by Crippen LogP contribution is -2.45. The van der Waals surface area contributed by atoms with Crippen LogP contribution in [-0.4, -0.2) is 68.5 Å². The van der Waals surface area contributed by atoms with Gasteiger partial charge in [0.25, 0.3) is 7.82 Å². The van der Waals surface area contributed by atoms with Crippen LogP contribution in [0.15, 0.2) is 12.2 Å². The Morgan fingerprint density at radius 2 is 0.794 bits per heavy atom. The van der Waals surface area contributed by atoms with E-state index in [1.807, 2.05) is 27.2 Å². The molecular formula is C59H119N2O6P. The summed E-state index contributed by atoms with van der Waals surface area (Å²) in [6, 6.07) is -0.882. The molecule has 0 spiro atoms. The second kappa shape index (κ2) is 51.2. The molecule has 0 saturated carbocycles. The molecule has 3 unspecified atom stereocenters. The third-order valence-corrected chi connectivity index (χ3v) is 15.0. The van der Waals surface area contributed by atoms with Crippen LogP contribution in [0, 0.1) is 0 Å². The number of aliphatic hydroxyl groups is 1. The quantitative estimate of drug-likeness (QED) is 0.0272. The van der Waals surface area contributed by atoms with Crippen molar-refractivity contribution >= 4 is 13.7 Å². The highest BCUT2D eigenvalue weighted by Crippen LogP contribution is 2.38. The summed E-state index contributed by atoms with van der Waals surface area (Å²) >= 11 is 0. The number of carbonyl (C=O) groups excluding carboxylic acids is 1. The first-order valence-corrected chi connectivity index (χ1v) is 31.5. The lowest BCUT2D eigenvalue weighted by atomic mass is 10.0. The highest BCUT2D eigenvalue weighted by molar-refractivity contribution is 7.45. The van der Waals surface area contributed by atoms with E-state index in [9.17, 15) is 19.4 Å². The molecule has 0 aliphatic rings. The molecule has 3 atom stereocenters. The molecule has 0 radical (unpaired) electrons. The minimum atomic E-state index is -4.59. The predicted octanol–water partition coefficient (Wildman–Crippen LogP) is 17.6. The fraction of sp³-hybridized carbons (Fsp3) is 0.949. The van der Waals surface area contributed by atoms with Crippen LogP contribution in [0.4, 0.5) is 0 Å². The van der Waals surface area contributed by atoms with E-state index in [4.69, 9.17) is 9.05 Å². The highest BCUT2D eigenvalue weighted by Gasteiger charge is 2.23. The summed E-state index contributed by atoms with van der Waals surface area (Å²) in [5.41, 5.74) is 0. The van der Waals surface area contributed by atoms with Gasteiger partial charge in [-0.3, -0.25) is 9.36 Å². The molecule has 68 heavy (non-hydrogen) atoms. The minimum absolute atomic E-state index is 0.00277. The van der Waals surface area contributed by atoms with Crippen molar-refractivity contribution in [2.75, 3.05) is 40.9 Å². The lowest BCUT2D eigenvalue weighted by molar-refractivity contribution is -0.870. The highest BCUT2D eigenvalue weighted by atomic mass is 31.2. The average molecular weight is 984 g/mol. The van der Waals surface area contributed by atoms with E-state index in [1.54, 1.807) is 6.08 Å². The largest absolute Gasteiger partial charge is 0.756 e. The minimum Gasteiger partial charge on any atom is -0.756 e. The van der Waals surface area contributed by atoms with Crippen LogP contribution in [0.5, 0.6) is 0 Å². The van der Waals surface area contributed by atoms with E-state index in [2.05, 4.69) is 19.2 Å². The van der Waals surface area contributed by atoms with Crippen LogP contribution in [0.3, 0.4) is 0 Å². The van der Waals surface area contributed by atoms with Crippen molar-refractivity contribution in [1.29, 1.82) is 0 Å². The number of quaternary nitrogens is 1. The van der Waals surface area contributed by atoms with Crippen LogP contribution < -0.4 is 10.2 Å². The molecule has 0 aliphatic carbocycles. The third-order valence-electron chi connectivity index (χ3n) is 14.0. The zero-order valence-electron chi connectivity index (χ0n) is 46.3. The SMILES string of the molecule is CCCCCCCCCCCCCCCCCCCCCCCCCC/C=C/C(O)C(COP(=O)([O-])OCC[N+](C)(C)C)NC(=O)CCCCCCCCCCCCCCCCCCCCCC. The molecule has 0 rings (SSSR count). The van der Waals surface area contributed by atoms with E-state index in [0.717, 1.165) is 38.5 Å². The number of phosphoric ester groups is 1. The first-order valence-electron chi connectivity index (χ1n) is 30.1. The first-order chi connectivity index (χ1) is 33.0. The van der Waals surface area contributed by atoms with E-state index < -0.39 is 20.0 Å². The van der Waals surface area contributed by atoms with Gasteiger partial charge >= 0.3 is 0 Å². The van der Waals surface area contributed by atoms with E-state index in [-0.39, 0.29) is 19.1 Å². The topological polar surface area (TPSA) is 108 Å². The molecule has 0 bridgehead atoms. The molecular weight excluding hydrogens is 864 g/mol. The van der Waals surface area contributed by atoms with Crippen molar-refractivity contribution in [2.45, 2.75) is 321 Å². The van der Waals surface area contributed by atoms with Gasteiger partial charge in [0.15, 0.2) is 0 Å². The second-order valence-corrected chi connectivity index (χ2v) is 23.5. The Morgan fingerprint density at radius 3 is 1.10 bits per heavy atom. The van der Waals surface area contributed by atoms with Crippen LogP contribution in [0.1, 0.15) is 309 Å². The second-order valence-electron chi connectivity index (χ2n) is 22.1. The molecule has 0 fully saturated rings. The smallest absolute Gasteiger partial charge is 0.268 e. The summed E-state index contributed by atoms with van der Waals surface area (Å²) in [7, 11) is 1.28. The summed E-state index contributed by atoms with van der Waals surface area (Å²) in [6.07, 6.45) is 62.9. The number of rotatable bonds is 56. The molecule has 406 valence electrons. The molecule has 0 aliphatic heterocycles. The maximum atomic E-state index is 13.0. The number of hydrogen-bond acceptors (Lipinski definition) is 6. The number of unbranched alkanes of at least 4 members (excludes halogenated alkanes) is 43. The number of nitrogens with zero attached hydrogens (tertiary/aromatic N) is 1. The Hall–Kier alpha value is -0.760. The van der Waals surface area contributed by atoms with Crippen molar-refractivity contribution < 1.29 is 32.9 Å². The van der Waals surface area contributed by atoms with E-state index >= 15 is 0 Å². The first kappa shape index (κ1) is 67.2. The Kier molecular flexibility index (Phi) is 50.6. The Morgan fingerprint density at radius 1 is 0.500 bits per heavy atom. The van der Waals surface area contributed by atoms with Crippen LogP contribution in [0.25, 0.3) is 0 Å². The third kappa shape index (κ3) is 53.0. The number of phosphoric acid groups is 1. The Balaban J connectivity index is 4.15. The van der Waals surface area contributed by atoms with Gasteiger partial charge in [0.05, 0.1) is 39.9 Å². The molecule has 0 aromatic carbocycles. The van der Waals surface area contributed by atoms with Gasteiger partial charge in [-0.25, -0.2) is 0 Å². The number of nitrogens with one attached hydrogen (secondary N) is 1. The summed E-state index contributed by atoms with van der Waals surface area (Å²) in [5.74, 6) is -0.190. The van der Waals surface area contributed by atoms with Gasteiger partial charge in [0.1, 0.15) is 13.2 Å². The van der Waals surface area contributed by atoms with Crippen LogP contribution in [0.2, 0.25) is 0 Å². The Bertz CT molecular complexity index is 1120. The van der Waals surface area contributed by atoms with Crippen molar-refractivity contribution in [1.82, 2.24) is 5.32 Å². The van der Waals surface area contributed by atoms with Crippen molar-refractivity contribution in [3.8, 4) is 0 Å². The van der Waals surface area contributed by atoms with Crippen LogP contribution in [-0.2, 0) is 18.4 Å². The van der Waals surface area contributed by atoms with Crippen LogP contribution >= 0.6 is 7.82 Å². The van der Waals surface area contributed by atoms with E-state index in [0.29, 0.717) is 17.4 Å². The number of aliphatic hydroxyl groups excluding tert-OH is 1. The maximum absolute atomic E-state index is 13.0. The molecule has 2 N–H and O–H groups in total. The number of likely N-dealkylation sites (N-methyl/N-ethyl adjacent to an activating group) is 1. The standard InChI is InChI=1S/C59H119N2O6P/c1-6-8-10-12-14-16-18-20-22-24-26-28-29-30-31-32-33-34-36-38-40-42-44-46-48-50-52-58(62)57(56-67-68(64,65)66-55-54-61(3,4)5)60-59(63)53-51-49-47-45-43-41-39-37-35-27-25-23-21-19-17-15-13-11-9-7-2/h50,52,57-58,62H,6-49,51,53-56H2,1-5H3,(H-,60,63,64,65)/b52-50+. The number of amides is 1. The predicted molar refractivity (Wildman–Crippen MR) is 293 cm³/mol. The van der Waals surface area contributed by atoms with Gasteiger partial charge in [-0.2, -0.15) is 0 Å². The summed E-state index contributed by atoms with van der Waals surface area (Å²) in [6.45, 7) is 4.71. The molecule has 0 heterocycles. The summed E-state index contributed by atoms with van der Waals surface area (Å²) in [5, 5.41) is 13.9. The molecule has 9 heteroatoms. The molecule has 8 nitrogen and oxygen atoms in total.